The highest BCUT2D eigenvalue weighted by atomic mass is 16.5. The molecule has 33 heavy (non-hydrogen) atoms. The van der Waals surface area contributed by atoms with E-state index < -0.39 is 11.1 Å². The molecule has 2 aromatic carbocycles. The number of amides is 1. The van der Waals surface area contributed by atoms with Crippen LogP contribution in [0.4, 0.5) is 0 Å². The fraction of sp³-hybridized carbons (Fsp3) is 0.240. The molecule has 1 aliphatic rings. The molecule has 0 bridgehead atoms. The second-order valence-electron chi connectivity index (χ2n) is 8.27. The van der Waals surface area contributed by atoms with Gasteiger partial charge in [0, 0.05) is 35.3 Å². The van der Waals surface area contributed by atoms with Crippen molar-refractivity contribution in [2.45, 2.75) is 25.9 Å². The molecule has 0 fully saturated rings. The molecule has 1 amide bonds. The lowest BCUT2D eigenvalue weighted by molar-refractivity contribution is -0.134. The molecule has 1 aliphatic heterocycles. The van der Waals surface area contributed by atoms with E-state index in [2.05, 4.69) is 16.1 Å². The first-order valence-corrected chi connectivity index (χ1v) is 10.8. The molecule has 2 N–H and O–H groups in total. The Kier molecular flexibility index (Phi) is 5.12. The predicted molar refractivity (Wildman–Crippen MR) is 125 cm³/mol. The first-order chi connectivity index (χ1) is 16.0. The molecule has 168 valence electrons. The molecule has 0 radical (unpaired) electrons. The third kappa shape index (κ3) is 3.63. The van der Waals surface area contributed by atoms with Crippen molar-refractivity contribution in [2.24, 2.45) is 0 Å². The zero-order chi connectivity index (χ0) is 23.1. The number of nitrogens with zero attached hydrogens (tertiary/aromatic N) is 2. The summed E-state index contributed by atoms with van der Waals surface area (Å²) in [5.41, 5.74) is 4.24. The van der Waals surface area contributed by atoms with Crippen molar-refractivity contribution in [2.75, 3.05) is 13.7 Å². The monoisotopic (exact) mass is 444 g/mol. The van der Waals surface area contributed by atoms with Gasteiger partial charge in [-0.2, -0.15) is 0 Å². The largest absolute Gasteiger partial charge is 0.496 e. The molecule has 8 heteroatoms. The van der Waals surface area contributed by atoms with Gasteiger partial charge in [0.2, 0.25) is 5.91 Å². The molecule has 2 aromatic heterocycles. The number of carbonyl (C=O) groups excluding carboxylic acids is 1. The van der Waals surface area contributed by atoms with E-state index in [4.69, 9.17) is 4.74 Å². The van der Waals surface area contributed by atoms with E-state index in [1.807, 2.05) is 43.3 Å². The van der Waals surface area contributed by atoms with Crippen molar-refractivity contribution in [3.05, 3.63) is 97.7 Å². The summed E-state index contributed by atoms with van der Waals surface area (Å²) in [5, 5.41) is 3.59. The average molecular weight is 444 g/mol. The maximum absolute atomic E-state index is 13.5. The third-order valence-corrected chi connectivity index (χ3v) is 6.27. The van der Waals surface area contributed by atoms with Crippen LogP contribution in [0.25, 0.3) is 10.9 Å². The summed E-state index contributed by atoms with van der Waals surface area (Å²) in [6.45, 7) is 2.23. The number of hydrogen-bond donors (Lipinski definition) is 2. The third-order valence-electron chi connectivity index (χ3n) is 6.27. The summed E-state index contributed by atoms with van der Waals surface area (Å²) in [6.07, 6.45) is 0.691. The highest BCUT2D eigenvalue weighted by Gasteiger charge is 2.34. The van der Waals surface area contributed by atoms with Gasteiger partial charge in [-0.3, -0.25) is 19.5 Å². The van der Waals surface area contributed by atoms with E-state index in [1.54, 1.807) is 12.0 Å². The normalized spacial score (nSPS) is 15.5. The number of ether oxygens (including phenoxy) is 1. The van der Waals surface area contributed by atoms with Crippen molar-refractivity contribution < 1.29 is 9.53 Å². The number of nitrogens with one attached hydrogen (secondary N) is 2. The van der Waals surface area contributed by atoms with Gasteiger partial charge < -0.3 is 14.6 Å². The minimum absolute atomic E-state index is 0.240. The van der Waals surface area contributed by atoms with Crippen LogP contribution in [0, 0.1) is 6.92 Å². The molecular weight excluding hydrogens is 420 g/mol. The van der Waals surface area contributed by atoms with Crippen molar-refractivity contribution in [1.82, 2.24) is 19.7 Å². The van der Waals surface area contributed by atoms with Crippen molar-refractivity contribution in [3.63, 3.8) is 0 Å². The topological polar surface area (TPSA) is 100 Å². The standard InChI is InChI=1S/C25H24N4O4/c1-15-13-16(7-8-20(15)33-2)25-24-18(17-5-3-4-6-19(17)26-24)11-12-28(25)23(32)14-29-22(31)10-9-21(30)27-29/h3-10,13,25-26H,11-12,14H2,1-2H3,(H,27,30). The van der Waals surface area contributed by atoms with Crippen LogP contribution in [0.5, 0.6) is 5.75 Å². The number of benzene rings is 2. The molecule has 0 spiro atoms. The summed E-state index contributed by atoms with van der Waals surface area (Å²) in [5.74, 6) is 0.527. The molecule has 8 nitrogen and oxygen atoms in total. The zero-order valence-corrected chi connectivity index (χ0v) is 18.4. The predicted octanol–water partition coefficient (Wildman–Crippen LogP) is 2.51. The Balaban J connectivity index is 1.61. The number of hydrogen-bond acceptors (Lipinski definition) is 4. The minimum Gasteiger partial charge on any atom is -0.496 e. The van der Waals surface area contributed by atoms with Crippen LogP contribution in [-0.2, 0) is 17.8 Å². The van der Waals surface area contributed by atoms with Gasteiger partial charge in [0.05, 0.1) is 13.2 Å². The second-order valence-corrected chi connectivity index (χ2v) is 8.27. The van der Waals surface area contributed by atoms with E-state index in [0.29, 0.717) is 13.0 Å². The number of para-hydroxylation sites is 1. The maximum Gasteiger partial charge on any atom is 0.265 e. The van der Waals surface area contributed by atoms with Gasteiger partial charge in [0.25, 0.3) is 11.1 Å². The fourth-order valence-corrected chi connectivity index (χ4v) is 4.73. The molecule has 3 heterocycles. The van der Waals surface area contributed by atoms with Crippen LogP contribution < -0.4 is 15.9 Å². The molecule has 5 rings (SSSR count). The molecule has 0 saturated heterocycles. The molecular formula is C25H24N4O4. The summed E-state index contributed by atoms with van der Waals surface area (Å²) in [7, 11) is 1.63. The number of fused-ring (bicyclic) bond motifs is 3. The number of rotatable bonds is 4. The Morgan fingerprint density at radius 2 is 1.94 bits per heavy atom. The summed E-state index contributed by atoms with van der Waals surface area (Å²) >= 11 is 0. The Labute approximate surface area is 189 Å². The van der Waals surface area contributed by atoms with E-state index in [-0.39, 0.29) is 18.5 Å². The first-order valence-electron chi connectivity index (χ1n) is 10.8. The van der Waals surface area contributed by atoms with Crippen LogP contribution >= 0.6 is 0 Å². The smallest absolute Gasteiger partial charge is 0.265 e. The Bertz CT molecular complexity index is 1480. The maximum atomic E-state index is 13.5. The SMILES string of the molecule is COc1ccc(C2c3[nH]c4ccccc4c3CCN2C(=O)Cn2[nH]c(=O)ccc2=O)cc1C. The Morgan fingerprint density at radius 3 is 2.73 bits per heavy atom. The van der Waals surface area contributed by atoms with Gasteiger partial charge in [-0.05, 0) is 48.2 Å². The number of aryl methyl sites for hydroxylation is 1. The molecule has 1 atom stereocenters. The van der Waals surface area contributed by atoms with Crippen LogP contribution in [0.3, 0.4) is 0 Å². The van der Waals surface area contributed by atoms with Crippen LogP contribution in [-0.4, -0.2) is 39.2 Å². The lowest BCUT2D eigenvalue weighted by Crippen LogP contribution is -2.44. The first kappa shape index (κ1) is 20.8. The highest BCUT2D eigenvalue weighted by molar-refractivity contribution is 5.86. The Hall–Kier alpha value is -4.07. The van der Waals surface area contributed by atoms with Gasteiger partial charge in [-0.25, -0.2) is 4.68 Å². The number of aromatic amines is 2. The number of H-pyrrole nitrogens is 2. The van der Waals surface area contributed by atoms with E-state index >= 15 is 0 Å². The number of aromatic nitrogens is 3. The lowest BCUT2D eigenvalue weighted by atomic mass is 9.91. The summed E-state index contributed by atoms with van der Waals surface area (Å²) in [6, 6.07) is 16.0. The van der Waals surface area contributed by atoms with E-state index in [1.165, 1.54) is 11.6 Å². The van der Waals surface area contributed by atoms with Crippen molar-refractivity contribution in [1.29, 1.82) is 0 Å². The average Bonchev–Trinajstić information content (AvgIpc) is 3.19. The summed E-state index contributed by atoms with van der Waals surface area (Å²) < 4.78 is 6.48. The number of carbonyl (C=O) groups is 1. The lowest BCUT2D eigenvalue weighted by Gasteiger charge is -2.36. The quantitative estimate of drug-likeness (QED) is 0.505. The van der Waals surface area contributed by atoms with E-state index in [9.17, 15) is 14.4 Å². The molecule has 0 saturated carbocycles. The fourth-order valence-electron chi connectivity index (χ4n) is 4.73. The van der Waals surface area contributed by atoms with Crippen molar-refractivity contribution >= 4 is 16.8 Å². The van der Waals surface area contributed by atoms with Crippen molar-refractivity contribution in [3.8, 4) is 5.75 Å². The van der Waals surface area contributed by atoms with Gasteiger partial charge >= 0.3 is 0 Å². The zero-order valence-electron chi connectivity index (χ0n) is 18.4. The van der Waals surface area contributed by atoms with Crippen LogP contribution in [0.2, 0.25) is 0 Å². The van der Waals surface area contributed by atoms with Crippen LogP contribution in [0.1, 0.15) is 28.4 Å². The van der Waals surface area contributed by atoms with Gasteiger partial charge in [0.15, 0.2) is 0 Å². The minimum atomic E-state index is -0.429. The summed E-state index contributed by atoms with van der Waals surface area (Å²) in [4.78, 5) is 42.6. The van der Waals surface area contributed by atoms with Gasteiger partial charge in [0.1, 0.15) is 12.3 Å². The molecule has 1 unspecified atom stereocenters. The van der Waals surface area contributed by atoms with Gasteiger partial charge in [-0.1, -0.05) is 24.3 Å². The highest BCUT2D eigenvalue weighted by Crippen LogP contribution is 2.39. The van der Waals surface area contributed by atoms with E-state index in [0.717, 1.165) is 44.2 Å². The van der Waals surface area contributed by atoms with Gasteiger partial charge in [-0.15, -0.1) is 0 Å². The number of methoxy groups -OCH3 is 1. The van der Waals surface area contributed by atoms with Crippen LogP contribution in [0.15, 0.2) is 64.2 Å². The molecule has 4 aromatic rings. The second kappa shape index (κ2) is 8.12. The molecule has 0 aliphatic carbocycles. The Morgan fingerprint density at radius 1 is 1.12 bits per heavy atom.